The Morgan fingerprint density at radius 3 is 2.53 bits per heavy atom. The zero-order chi connectivity index (χ0) is 23.8. The number of H-pyrrole nitrogens is 1. The topological polar surface area (TPSA) is 87.1 Å². The molecule has 0 aliphatic carbocycles. The first-order valence-corrected chi connectivity index (χ1v) is 11.5. The molecule has 1 saturated heterocycles. The molecule has 1 aliphatic rings. The number of hydrogen-bond donors (Lipinski definition) is 1. The van der Waals surface area contributed by atoms with Crippen molar-refractivity contribution in [2.75, 3.05) is 32.1 Å². The molecule has 1 atom stereocenters. The van der Waals surface area contributed by atoms with E-state index in [4.69, 9.17) is 4.98 Å². The summed E-state index contributed by atoms with van der Waals surface area (Å²) in [6, 6.07) is 17.3. The molecular weight excluding hydrogens is 428 g/mol. The predicted octanol–water partition coefficient (Wildman–Crippen LogP) is 3.50. The fourth-order valence-corrected chi connectivity index (χ4v) is 4.62. The summed E-state index contributed by atoms with van der Waals surface area (Å²) < 4.78 is 1.72. The number of para-hydroxylation sites is 1. The number of nitrogens with zero attached hydrogens (tertiary/aromatic N) is 5. The Morgan fingerprint density at radius 1 is 1.09 bits per heavy atom. The maximum Gasteiger partial charge on any atom is 0.262 e. The average molecular weight is 457 g/mol. The number of aromatic nitrogens is 4. The Balaban J connectivity index is 1.45. The molecule has 5 rings (SSSR count). The molecule has 1 N–H and O–H groups in total. The Labute approximate surface area is 197 Å². The van der Waals surface area contributed by atoms with Crippen LogP contribution in [0.25, 0.3) is 16.7 Å². The highest BCUT2D eigenvalue weighted by atomic mass is 16.2. The fraction of sp³-hybridized carbons (Fsp3) is 0.308. The SMILES string of the molecule is Cc1nn(-c2ccccc2)c2nc(C3CCCN(C(=O)c4ccc(N(C)C)cc4)C3)[nH]c(=O)c12. The summed E-state index contributed by atoms with van der Waals surface area (Å²) in [6.07, 6.45) is 1.71. The summed E-state index contributed by atoms with van der Waals surface area (Å²) in [4.78, 5) is 37.9. The predicted molar refractivity (Wildman–Crippen MR) is 133 cm³/mol. The second kappa shape index (κ2) is 8.78. The van der Waals surface area contributed by atoms with Crippen LogP contribution in [0.4, 0.5) is 5.69 Å². The van der Waals surface area contributed by atoms with Crippen LogP contribution in [0.1, 0.15) is 40.6 Å². The summed E-state index contributed by atoms with van der Waals surface area (Å²) in [7, 11) is 3.95. The third-order valence-corrected chi connectivity index (χ3v) is 6.46. The molecule has 3 heterocycles. The number of aryl methyl sites for hydroxylation is 1. The van der Waals surface area contributed by atoms with Gasteiger partial charge in [0.15, 0.2) is 5.65 Å². The molecule has 2 aromatic heterocycles. The van der Waals surface area contributed by atoms with Crippen LogP contribution < -0.4 is 10.5 Å². The van der Waals surface area contributed by atoms with E-state index in [0.29, 0.717) is 41.2 Å². The summed E-state index contributed by atoms with van der Waals surface area (Å²) in [6.45, 7) is 3.03. The minimum atomic E-state index is -0.192. The molecule has 1 amide bonds. The zero-order valence-electron chi connectivity index (χ0n) is 19.7. The number of nitrogens with one attached hydrogen (secondary N) is 1. The van der Waals surface area contributed by atoms with Gasteiger partial charge in [0.1, 0.15) is 11.2 Å². The van der Waals surface area contributed by atoms with Crippen LogP contribution in [-0.4, -0.2) is 57.7 Å². The molecule has 8 nitrogen and oxygen atoms in total. The lowest BCUT2D eigenvalue weighted by Gasteiger charge is -2.32. The van der Waals surface area contributed by atoms with Gasteiger partial charge in [-0.15, -0.1) is 0 Å². The van der Waals surface area contributed by atoms with Gasteiger partial charge in [0.2, 0.25) is 0 Å². The number of rotatable bonds is 4. The number of likely N-dealkylation sites (tertiary alicyclic amines) is 1. The van der Waals surface area contributed by atoms with Crippen LogP contribution in [0.15, 0.2) is 59.4 Å². The van der Waals surface area contributed by atoms with Crippen LogP contribution in [0, 0.1) is 6.92 Å². The smallest absolute Gasteiger partial charge is 0.262 e. The number of amides is 1. The highest BCUT2D eigenvalue weighted by Crippen LogP contribution is 2.27. The molecule has 34 heavy (non-hydrogen) atoms. The van der Waals surface area contributed by atoms with Crippen molar-refractivity contribution < 1.29 is 4.79 Å². The number of carbonyl (C=O) groups excluding carboxylic acids is 1. The number of piperidine rings is 1. The standard InChI is InChI=1S/C26H28N6O2/c1-17-22-24(32(29-17)21-9-5-4-6-10-21)27-23(28-25(22)33)19-8-7-15-31(16-19)26(34)18-11-13-20(14-12-18)30(2)3/h4-6,9-14,19H,7-8,15-16H2,1-3H3,(H,27,28,33). The van der Waals surface area contributed by atoms with Crippen LogP contribution >= 0.6 is 0 Å². The summed E-state index contributed by atoms with van der Waals surface area (Å²) >= 11 is 0. The second-order valence-electron chi connectivity index (χ2n) is 9.01. The molecule has 1 aliphatic heterocycles. The first kappa shape index (κ1) is 21.9. The molecule has 8 heteroatoms. The van der Waals surface area contributed by atoms with Crippen LogP contribution in [-0.2, 0) is 0 Å². The van der Waals surface area contributed by atoms with E-state index in [1.807, 2.05) is 85.4 Å². The van der Waals surface area contributed by atoms with Gasteiger partial charge in [-0.1, -0.05) is 18.2 Å². The molecule has 4 aromatic rings. The summed E-state index contributed by atoms with van der Waals surface area (Å²) in [5, 5.41) is 5.07. The van der Waals surface area contributed by atoms with E-state index in [9.17, 15) is 9.59 Å². The highest BCUT2D eigenvalue weighted by Gasteiger charge is 2.28. The molecule has 0 spiro atoms. The zero-order valence-corrected chi connectivity index (χ0v) is 19.7. The van der Waals surface area contributed by atoms with Crippen molar-refractivity contribution >= 4 is 22.6 Å². The first-order valence-electron chi connectivity index (χ1n) is 11.5. The quantitative estimate of drug-likeness (QED) is 0.508. The van der Waals surface area contributed by atoms with Crippen molar-refractivity contribution in [3.63, 3.8) is 0 Å². The Bertz CT molecular complexity index is 1390. The normalized spacial score (nSPS) is 16.1. The van der Waals surface area contributed by atoms with Crippen molar-refractivity contribution in [2.45, 2.75) is 25.7 Å². The van der Waals surface area contributed by atoms with Crippen LogP contribution in [0.5, 0.6) is 0 Å². The van der Waals surface area contributed by atoms with Crippen molar-refractivity contribution in [1.29, 1.82) is 0 Å². The van der Waals surface area contributed by atoms with Gasteiger partial charge in [-0.25, -0.2) is 9.67 Å². The van der Waals surface area contributed by atoms with E-state index in [1.54, 1.807) is 4.68 Å². The maximum atomic E-state index is 13.2. The number of fused-ring (bicyclic) bond motifs is 1. The second-order valence-corrected chi connectivity index (χ2v) is 9.01. The van der Waals surface area contributed by atoms with Gasteiger partial charge in [-0.3, -0.25) is 9.59 Å². The molecule has 1 fully saturated rings. The van der Waals surface area contributed by atoms with Crippen molar-refractivity contribution in [3.05, 3.63) is 82.0 Å². The fourth-order valence-electron chi connectivity index (χ4n) is 4.62. The van der Waals surface area contributed by atoms with E-state index in [-0.39, 0.29) is 17.4 Å². The molecule has 0 radical (unpaired) electrons. The van der Waals surface area contributed by atoms with Crippen molar-refractivity contribution in [2.24, 2.45) is 0 Å². The van der Waals surface area contributed by atoms with E-state index in [0.717, 1.165) is 24.2 Å². The lowest BCUT2D eigenvalue weighted by molar-refractivity contribution is 0.0704. The molecular formula is C26H28N6O2. The molecule has 174 valence electrons. The minimum Gasteiger partial charge on any atom is -0.378 e. The van der Waals surface area contributed by atoms with Crippen LogP contribution in [0.2, 0.25) is 0 Å². The lowest BCUT2D eigenvalue weighted by atomic mass is 9.96. The summed E-state index contributed by atoms with van der Waals surface area (Å²) in [5.74, 6) is 0.564. The molecule has 2 aromatic carbocycles. The van der Waals surface area contributed by atoms with Gasteiger partial charge in [0.25, 0.3) is 11.5 Å². The number of anilines is 1. The number of hydrogen-bond acceptors (Lipinski definition) is 5. The largest absolute Gasteiger partial charge is 0.378 e. The monoisotopic (exact) mass is 456 g/mol. The first-order chi connectivity index (χ1) is 16.4. The van der Waals surface area contributed by atoms with Gasteiger partial charge in [-0.2, -0.15) is 5.10 Å². The van der Waals surface area contributed by atoms with Gasteiger partial charge in [0.05, 0.1) is 11.4 Å². The van der Waals surface area contributed by atoms with Crippen molar-refractivity contribution in [3.8, 4) is 5.69 Å². The third kappa shape index (κ3) is 3.96. The Hall–Kier alpha value is -3.94. The summed E-state index contributed by atoms with van der Waals surface area (Å²) in [5.41, 5.74) is 3.56. The number of aromatic amines is 1. The van der Waals surface area contributed by atoms with Gasteiger partial charge < -0.3 is 14.8 Å². The number of benzene rings is 2. The van der Waals surface area contributed by atoms with Crippen LogP contribution in [0.3, 0.4) is 0 Å². The van der Waals surface area contributed by atoms with E-state index < -0.39 is 0 Å². The average Bonchev–Trinajstić information content (AvgIpc) is 3.21. The van der Waals surface area contributed by atoms with E-state index in [2.05, 4.69) is 10.1 Å². The van der Waals surface area contributed by atoms with E-state index >= 15 is 0 Å². The minimum absolute atomic E-state index is 0.00334. The maximum absolute atomic E-state index is 13.2. The van der Waals surface area contributed by atoms with Crippen molar-refractivity contribution in [1.82, 2.24) is 24.6 Å². The molecule has 0 saturated carbocycles. The highest BCUT2D eigenvalue weighted by molar-refractivity contribution is 5.94. The van der Waals surface area contributed by atoms with Gasteiger partial charge in [-0.05, 0) is 56.2 Å². The Morgan fingerprint density at radius 2 is 1.82 bits per heavy atom. The lowest BCUT2D eigenvalue weighted by Crippen LogP contribution is -2.40. The number of carbonyl (C=O) groups is 1. The van der Waals surface area contributed by atoms with Gasteiger partial charge in [0, 0.05) is 44.4 Å². The van der Waals surface area contributed by atoms with E-state index in [1.165, 1.54) is 0 Å². The Kier molecular flexibility index (Phi) is 5.65. The molecule has 0 bridgehead atoms. The van der Waals surface area contributed by atoms with Gasteiger partial charge >= 0.3 is 0 Å². The third-order valence-electron chi connectivity index (χ3n) is 6.46. The molecule has 1 unspecified atom stereocenters.